The molecule has 0 aromatic heterocycles. The molecule has 0 saturated carbocycles. The van der Waals surface area contributed by atoms with Gasteiger partial charge >= 0.3 is 18.1 Å². The Labute approximate surface area is 137 Å². The fourth-order valence-corrected chi connectivity index (χ4v) is 2.50. The summed E-state index contributed by atoms with van der Waals surface area (Å²) in [4.78, 5) is 23.6. The average Bonchev–Trinajstić information content (AvgIpc) is 2.31. The Morgan fingerprint density at radius 1 is 1.09 bits per heavy atom. The van der Waals surface area contributed by atoms with E-state index >= 15 is 0 Å². The van der Waals surface area contributed by atoms with Gasteiger partial charge in [0.1, 0.15) is 5.57 Å². The minimum atomic E-state index is -4.52. The molecule has 1 aromatic carbocycles. The van der Waals surface area contributed by atoms with E-state index in [9.17, 15) is 22.8 Å². The summed E-state index contributed by atoms with van der Waals surface area (Å²) >= 11 is 1.72. The van der Waals surface area contributed by atoms with Gasteiger partial charge in [0.05, 0.1) is 5.56 Å². The zero-order valence-corrected chi connectivity index (χ0v) is 13.6. The number of alkyl halides is 3. The second kappa shape index (κ2) is 5.56. The molecule has 0 atom stereocenters. The average molecular weight is 426 g/mol. The van der Waals surface area contributed by atoms with E-state index in [1.165, 1.54) is 19.9 Å². The number of carbonyl (C=O) groups is 2. The lowest BCUT2D eigenvalue weighted by molar-refractivity contribution is -0.222. The van der Waals surface area contributed by atoms with Gasteiger partial charge in [-0.15, -0.1) is 0 Å². The number of benzene rings is 1. The molecule has 1 saturated heterocycles. The van der Waals surface area contributed by atoms with Crippen LogP contribution in [-0.2, 0) is 25.2 Å². The highest BCUT2D eigenvalue weighted by molar-refractivity contribution is 14.1. The van der Waals surface area contributed by atoms with Crippen LogP contribution >= 0.6 is 22.6 Å². The Morgan fingerprint density at radius 3 is 2.14 bits per heavy atom. The molecule has 4 nitrogen and oxygen atoms in total. The molecular formula is C14H10F3IO4. The topological polar surface area (TPSA) is 52.6 Å². The van der Waals surface area contributed by atoms with Gasteiger partial charge in [0, 0.05) is 17.4 Å². The molecule has 0 amide bonds. The monoisotopic (exact) mass is 426 g/mol. The molecule has 1 aliphatic rings. The summed E-state index contributed by atoms with van der Waals surface area (Å²) in [6, 6.07) is 3.21. The van der Waals surface area contributed by atoms with Crippen molar-refractivity contribution in [2.75, 3.05) is 0 Å². The highest BCUT2D eigenvalue weighted by atomic mass is 127. The maximum Gasteiger partial charge on any atom is 0.416 e. The quantitative estimate of drug-likeness (QED) is 0.299. The lowest BCUT2D eigenvalue weighted by atomic mass is 10.1. The third-order valence-electron chi connectivity index (χ3n) is 2.68. The number of ether oxygens (including phenoxy) is 2. The fourth-order valence-electron chi connectivity index (χ4n) is 1.80. The Kier molecular flexibility index (Phi) is 4.24. The Balaban J connectivity index is 2.43. The highest BCUT2D eigenvalue weighted by Gasteiger charge is 2.39. The molecular weight excluding hydrogens is 416 g/mol. The summed E-state index contributed by atoms with van der Waals surface area (Å²) in [6.07, 6.45) is -3.50. The van der Waals surface area contributed by atoms with Gasteiger partial charge in [-0.1, -0.05) is 0 Å². The summed E-state index contributed by atoms with van der Waals surface area (Å²) in [5.41, 5.74) is -1.26. The van der Waals surface area contributed by atoms with Crippen molar-refractivity contribution in [2.24, 2.45) is 0 Å². The molecule has 1 aliphatic heterocycles. The number of rotatable bonds is 1. The third-order valence-corrected chi connectivity index (χ3v) is 3.30. The first-order chi connectivity index (χ1) is 9.98. The second-order valence-corrected chi connectivity index (χ2v) is 6.25. The van der Waals surface area contributed by atoms with E-state index < -0.39 is 35.0 Å². The molecule has 0 N–H and O–H groups in total. The van der Waals surface area contributed by atoms with Crippen molar-refractivity contribution >= 4 is 40.6 Å². The van der Waals surface area contributed by atoms with Crippen LogP contribution in [0.3, 0.4) is 0 Å². The van der Waals surface area contributed by atoms with E-state index in [1.807, 2.05) is 0 Å². The molecule has 2 rings (SSSR count). The molecule has 0 aliphatic carbocycles. The first-order valence-electron chi connectivity index (χ1n) is 6.04. The Hall–Kier alpha value is -1.58. The first kappa shape index (κ1) is 16.8. The van der Waals surface area contributed by atoms with E-state index in [4.69, 9.17) is 9.47 Å². The molecule has 118 valence electrons. The van der Waals surface area contributed by atoms with E-state index in [2.05, 4.69) is 0 Å². The molecule has 1 fully saturated rings. The number of hydrogen-bond donors (Lipinski definition) is 0. The third kappa shape index (κ3) is 3.79. The predicted octanol–water partition coefficient (Wildman–Crippen LogP) is 3.53. The van der Waals surface area contributed by atoms with Crippen LogP contribution in [0.15, 0.2) is 23.8 Å². The van der Waals surface area contributed by atoms with Gasteiger partial charge in [0.25, 0.3) is 5.79 Å². The van der Waals surface area contributed by atoms with Crippen molar-refractivity contribution in [3.8, 4) is 0 Å². The zero-order valence-electron chi connectivity index (χ0n) is 11.5. The molecule has 0 unspecified atom stereocenters. The van der Waals surface area contributed by atoms with Crippen molar-refractivity contribution in [3.63, 3.8) is 0 Å². The van der Waals surface area contributed by atoms with Crippen LogP contribution in [0.4, 0.5) is 13.2 Å². The molecule has 0 spiro atoms. The largest absolute Gasteiger partial charge is 0.419 e. The molecule has 1 aromatic rings. The molecule has 22 heavy (non-hydrogen) atoms. The van der Waals surface area contributed by atoms with Crippen LogP contribution in [-0.4, -0.2) is 17.7 Å². The van der Waals surface area contributed by atoms with E-state index in [-0.39, 0.29) is 5.56 Å². The van der Waals surface area contributed by atoms with Crippen LogP contribution in [0, 0.1) is 3.57 Å². The van der Waals surface area contributed by atoms with Crippen LogP contribution in [0.5, 0.6) is 0 Å². The van der Waals surface area contributed by atoms with Gasteiger partial charge in [-0.25, -0.2) is 9.59 Å². The van der Waals surface area contributed by atoms with E-state index in [0.29, 0.717) is 3.57 Å². The van der Waals surface area contributed by atoms with Crippen LogP contribution in [0.25, 0.3) is 6.08 Å². The number of esters is 2. The van der Waals surface area contributed by atoms with Crippen molar-refractivity contribution in [2.45, 2.75) is 25.8 Å². The van der Waals surface area contributed by atoms with Crippen molar-refractivity contribution in [3.05, 3.63) is 38.5 Å². The van der Waals surface area contributed by atoms with Gasteiger partial charge in [0.2, 0.25) is 0 Å². The molecule has 1 heterocycles. The summed E-state index contributed by atoms with van der Waals surface area (Å²) < 4.78 is 48.4. The summed E-state index contributed by atoms with van der Waals surface area (Å²) in [5, 5.41) is 0. The van der Waals surface area contributed by atoms with Gasteiger partial charge in [-0.3, -0.25) is 0 Å². The standard InChI is InChI=1S/C14H10F3IO4/c1-13(2)21-11(19)10(12(20)22-13)5-7-3-8(14(15,16)17)6-9(18)4-7/h3-6H,1-2H3. The minimum absolute atomic E-state index is 0.0582. The normalized spacial score (nSPS) is 17.8. The maximum atomic E-state index is 12.8. The van der Waals surface area contributed by atoms with Gasteiger partial charge < -0.3 is 9.47 Å². The van der Waals surface area contributed by atoms with Crippen molar-refractivity contribution < 1.29 is 32.2 Å². The predicted molar refractivity (Wildman–Crippen MR) is 78.4 cm³/mol. The highest BCUT2D eigenvalue weighted by Crippen LogP contribution is 2.32. The van der Waals surface area contributed by atoms with E-state index in [0.717, 1.165) is 18.2 Å². The first-order valence-corrected chi connectivity index (χ1v) is 7.12. The smallest absolute Gasteiger partial charge is 0.416 e. The number of cyclic esters (lactones) is 2. The van der Waals surface area contributed by atoms with Crippen molar-refractivity contribution in [1.29, 1.82) is 0 Å². The lowest BCUT2D eigenvalue weighted by Gasteiger charge is -2.29. The SMILES string of the molecule is CC1(C)OC(=O)C(=Cc2cc(I)cc(C(F)(F)F)c2)C(=O)O1. The molecule has 8 heteroatoms. The Bertz CT molecular complexity index is 655. The fraction of sp³-hybridized carbons (Fsp3) is 0.286. The molecule has 0 radical (unpaired) electrons. The minimum Gasteiger partial charge on any atom is -0.419 e. The number of halogens is 4. The van der Waals surface area contributed by atoms with E-state index in [1.54, 1.807) is 22.6 Å². The zero-order chi connectivity index (χ0) is 16.7. The van der Waals surface area contributed by atoms with Gasteiger partial charge in [-0.05, 0) is 52.4 Å². The maximum absolute atomic E-state index is 12.8. The summed E-state index contributed by atoms with van der Waals surface area (Å²) in [6.45, 7) is 2.76. The lowest BCUT2D eigenvalue weighted by Crippen LogP contribution is -2.41. The number of carbonyl (C=O) groups excluding carboxylic acids is 2. The van der Waals surface area contributed by atoms with Gasteiger partial charge in [0.15, 0.2) is 0 Å². The second-order valence-electron chi connectivity index (χ2n) is 5.01. The van der Waals surface area contributed by atoms with Crippen LogP contribution in [0.2, 0.25) is 0 Å². The summed E-state index contributed by atoms with van der Waals surface area (Å²) in [5.74, 6) is -3.27. The van der Waals surface area contributed by atoms with Crippen molar-refractivity contribution in [1.82, 2.24) is 0 Å². The number of hydrogen-bond acceptors (Lipinski definition) is 4. The van der Waals surface area contributed by atoms with Crippen LogP contribution in [0.1, 0.15) is 25.0 Å². The van der Waals surface area contributed by atoms with Crippen LogP contribution < -0.4 is 0 Å². The Morgan fingerprint density at radius 2 is 1.64 bits per heavy atom. The molecule has 0 bridgehead atoms. The summed E-state index contributed by atoms with van der Waals surface area (Å²) in [7, 11) is 0. The van der Waals surface area contributed by atoms with Gasteiger partial charge in [-0.2, -0.15) is 13.2 Å².